The van der Waals surface area contributed by atoms with Gasteiger partial charge in [0.1, 0.15) is 0 Å². The lowest BCUT2D eigenvalue weighted by Crippen LogP contribution is -2.58. The third-order valence-corrected chi connectivity index (χ3v) is 3.58. The zero-order valence-corrected chi connectivity index (χ0v) is 9.43. The highest BCUT2D eigenvalue weighted by Gasteiger charge is 2.43. The Bertz CT molecular complexity index is 458. The summed E-state index contributed by atoms with van der Waals surface area (Å²) < 4.78 is 0. The number of hydrogen-bond acceptors (Lipinski definition) is 2. The summed E-state index contributed by atoms with van der Waals surface area (Å²) in [5, 5.41) is 2.92. The highest BCUT2D eigenvalue weighted by molar-refractivity contribution is 6.17. The molecule has 1 saturated heterocycles. The molecule has 1 aliphatic carbocycles. The van der Waals surface area contributed by atoms with Crippen molar-refractivity contribution in [1.82, 2.24) is 5.32 Å². The lowest BCUT2D eigenvalue weighted by Gasteiger charge is -2.33. The van der Waals surface area contributed by atoms with Gasteiger partial charge in [-0.05, 0) is 25.0 Å². The summed E-state index contributed by atoms with van der Waals surface area (Å²) in [5.74, 6) is -0.0876. The number of imide groups is 1. The van der Waals surface area contributed by atoms with Crippen LogP contribution in [0.5, 0.6) is 0 Å². The van der Waals surface area contributed by atoms with E-state index in [1.165, 1.54) is 4.90 Å². The standard InChI is InChI=1S/C13H14N2O2/c16-12-10-7-4-8-11(10)14-13(17)15(12)9-5-2-1-3-6-9/h1-3,5-6,10-11H,4,7-8H2,(H,14,17). The molecule has 2 atom stereocenters. The second kappa shape index (κ2) is 3.87. The average molecular weight is 230 g/mol. The number of benzene rings is 1. The minimum Gasteiger partial charge on any atom is -0.334 e. The number of amides is 3. The first-order chi connectivity index (χ1) is 8.27. The molecule has 3 rings (SSSR count). The Morgan fingerprint density at radius 2 is 1.88 bits per heavy atom. The predicted molar refractivity (Wildman–Crippen MR) is 63.6 cm³/mol. The first-order valence-electron chi connectivity index (χ1n) is 5.97. The Hall–Kier alpha value is -1.84. The molecule has 0 bridgehead atoms. The van der Waals surface area contributed by atoms with Crippen molar-refractivity contribution < 1.29 is 9.59 Å². The zero-order chi connectivity index (χ0) is 11.8. The van der Waals surface area contributed by atoms with Crippen LogP contribution in [0.2, 0.25) is 0 Å². The van der Waals surface area contributed by atoms with E-state index >= 15 is 0 Å². The Balaban J connectivity index is 1.94. The van der Waals surface area contributed by atoms with Crippen molar-refractivity contribution in [3.8, 4) is 0 Å². The van der Waals surface area contributed by atoms with Crippen molar-refractivity contribution in [1.29, 1.82) is 0 Å². The highest BCUT2D eigenvalue weighted by Crippen LogP contribution is 2.32. The van der Waals surface area contributed by atoms with Crippen molar-refractivity contribution in [2.24, 2.45) is 5.92 Å². The molecule has 0 spiro atoms. The fourth-order valence-corrected chi connectivity index (χ4v) is 2.74. The summed E-state index contributed by atoms with van der Waals surface area (Å²) in [6, 6.07) is 8.86. The number of urea groups is 1. The second-order valence-corrected chi connectivity index (χ2v) is 4.60. The van der Waals surface area contributed by atoms with Crippen LogP contribution in [0.4, 0.5) is 10.5 Å². The summed E-state index contributed by atoms with van der Waals surface area (Å²) in [5.41, 5.74) is 0.653. The van der Waals surface area contributed by atoms with E-state index in [-0.39, 0.29) is 23.9 Å². The molecule has 1 aromatic rings. The van der Waals surface area contributed by atoms with Gasteiger partial charge in [0.25, 0.3) is 0 Å². The van der Waals surface area contributed by atoms with Crippen LogP contribution in [-0.2, 0) is 4.79 Å². The van der Waals surface area contributed by atoms with Crippen LogP contribution in [0, 0.1) is 5.92 Å². The average Bonchev–Trinajstić information content (AvgIpc) is 2.78. The van der Waals surface area contributed by atoms with Gasteiger partial charge in [0, 0.05) is 6.04 Å². The Labute approximate surface area is 99.6 Å². The van der Waals surface area contributed by atoms with Crippen molar-refractivity contribution in [3.05, 3.63) is 30.3 Å². The second-order valence-electron chi connectivity index (χ2n) is 4.60. The predicted octanol–water partition coefficient (Wildman–Crippen LogP) is 1.91. The number of anilines is 1. The molecule has 17 heavy (non-hydrogen) atoms. The van der Waals surface area contributed by atoms with E-state index in [1.807, 2.05) is 18.2 Å². The van der Waals surface area contributed by atoms with Gasteiger partial charge in [0.15, 0.2) is 0 Å². The summed E-state index contributed by atoms with van der Waals surface area (Å²) in [4.78, 5) is 25.5. The first kappa shape index (κ1) is 10.3. The molecule has 1 aromatic carbocycles. The van der Waals surface area contributed by atoms with Gasteiger partial charge in [-0.1, -0.05) is 24.6 Å². The molecule has 1 saturated carbocycles. The Morgan fingerprint density at radius 1 is 1.12 bits per heavy atom. The molecule has 1 N–H and O–H groups in total. The SMILES string of the molecule is O=C1NC2CCCC2C(=O)N1c1ccccc1. The van der Waals surface area contributed by atoms with E-state index in [1.54, 1.807) is 12.1 Å². The largest absolute Gasteiger partial charge is 0.334 e. The fourth-order valence-electron chi connectivity index (χ4n) is 2.74. The van der Waals surface area contributed by atoms with Crippen LogP contribution in [0.3, 0.4) is 0 Å². The fraction of sp³-hybridized carbons (Fsp3) is 0.385. The number of fused-ring (bicyclic) bond motifs is 1. The van der Waals surface area contributed by atoms with Gasteiger partial charge in [0.2, 0.25) is 5.91 Å². The molecule has 2 fully saturated rings. The molecule has 4 nitrogen and oxygen atoms in total. The maximum absolute atomic E-state index is 12.3. The number of rotatable bonds is 1. The van der Waals surface area contributed by atoms with Gasteiger partial charge in [-0.25, -0.2) is 9.69 Å². The quantitative estimate of drug-likeness (QED) is 0.801. The van der Waals surface area contributed by atoms with Gasteiger partial charge in [-0.15, -0.1) is 0 Å². The Morgan fingerprint density at radius 3 is 2.65 bits per heavy atom. The molecule has 2 unspecified atom stereocenters. The van der Waals surface area contributed by atoms with Crippen molar-refractivity contribution in [2.75, 3.05) is 4.90 Å². The number of hydrogen-bond donors (Lipinski definition) is 1. The van der Waals surface area contributed by atoms with Crippen LogP contribution < -0.4 is 10.2 Å². The van der Waals surface area contributed by atoms with Gasteiger partial charge in [0.05, 0.1) is 11.6 Å². The number of carbonyl (C=O) groups is 2. The van der Waals surface area contributed by atoms with Gasteiger partial charge >= 0.3 is 6.03 Å². The molecule has 1 heterocycles. The molecule has 0 radical (unpaired) electrons. The van der Waals surface area contributed by atoms with Crippen molar-refractivity contribution >= 4 is 17.6 Å². The molecule has 0 aromatic heterocycles. The van der Waals surface area contributed by atoms with Gasteiger partial charge < -0.3 is 5.32 Å². The number of carbonyl (C=O) groups excluding carboxylic acids is 2. The maximum Gasteiger partial charge on any atom is 0.328 e. The Kier molecular flexibility index (Phi) is 2.35. The van der Waals surface area contributed by atoms with Crippen LogP contribution in [0.15, 0.2) is 30.3 Å². The topological polar surface area (TPSA) is 49.4 Å². The van der Waals surface area contributed by atoms with Crippen LogP contribution >= 0.6 is 0 Å². The number of para-hydroxylation sites is 1. The van der Waals surface area contributed by atoms with Crippen LogP contribution in [0.25, 0.3) is 0 Å². The van der Waals surface area contributed by atoms with E-state index in [4.69, 9.17) is 0 Å². The maximum atomic E-state index is 12.3. The molecular formula is C13H14N2O2. The molecule has 3 amide bonds. The molecular weight excluding hydrogens is 216 g/mol. The summed E-state index contributed by atoms with van der Waals surface area (Å²) in [6.45, 7) is 0. The van der Waals surface area contributed by atoms with Crippen molar-refractivity contribution in [3.63, 3.8) is 0 Å². The summed E-state index contributed by atoms with van der Waals surface area (Å²) in [6.07, 6.45) is 2.82. The molecule has 4 heteroatoms. The molecule has 1 aliphatic heterocycles. The highest BCUT2D eigenvalue weighted by atomic mass is 16.2. The van der Waals surface area contributed by atoms with E-state index in [2.05, 4.69) is 5.32 Å². The minimum absolute atomic E-state index is 0.0343. The monoisotopic (exact) mass is 230 g/mol. The molecule has 88 valence electrons. The summed E-state index contributed by atoms with van der Waals surface area (Å²) >= 11 is 0. The van der Waals surface area contributed by atoms with Crippen LogP contribution in [0.1, 0.15) is 19.3 Å². The van der Waals surface area contributed by atoms with E-state index in [0.29, 0.717) is 5.69 Å². The van der Waals surface area contributed by atoms with E-state index in [0.717, 1.165) is 19.3 Å². The number of nitrogens with one attached hydrogen (secondary N) is 1. The van der Waals surface area contributed by atoms with E-state index in [9.17, 15) is 9.59 Å². The normalized spacial score (nSPS) is 27.9. The van der Waals surface area contributed by atoms with Gasteiger partial charge in [-0.3, -0.25) is 4.79 Å². The van der Waals surface area contributed by atoms with Gasteiger partial charge in [-0.2, -0.15) is 0 Å². The van der Waals surface area contributed by atoms with Crippen molar-refractivity contribution in [2.45, 2.75) is 25.3 Å². The van der Waals surface area contributed by atoms with E-state index < -0.39 is 0 Å². The minimum atomic E-state index is -0.288. The summed E-state index contributed by atoms with van der Waals surface area (Å²) in [7, 11) is 0. The smallest absolute Gasteiger partial charge is 0.328 e. The number of nitrogens with zero attached hydrogens (tertiary/aromatic N) is 1. The zero-order valence-electron chi connectivity index (χ0n) is 9.43. The molecule has 2 aliphatic rings. The lowest BCUT2D eigenvalue weighted by molar-refractivity contribution is -0.122. The third kappa shape index (κ3) is 1.60. The van der Waals surface area contributed by atoms with Crippen LogP contribution in [-0.4, -0.2) is 18.0 Å². The third-order valence-electron chi connectivity index (χ3n) is 3.58. The lowest BCUT2D eigenvalue weighted by atomic mass is 9.99. The first-order valence-corrected chi connectivity index (χ1v) is 5.97.